The Morgan fingerprint density at radius 1 is 0.295 bits per heavy atom. The van der Waals surface area contributed by atoms with Gasteiger partial charge in [-0.3, -0.25) is 0 Å². The molecule has 0 heterocycles. The molecule has 274 valence electrons. The molecule has 0 radical (unpaired) electrons. The zero-order valence-electron chi connectivity index (χ0n) is 28.9. The van der Waals surface area contributed by atoms with E-state index in [1.54, 1.807) is 0 Å². The Hall–Kier alpha value is 8.60. The molecule has 44 heavy (non-hydrogen) atoms. The van der Waals surface area contributed by atoms with Gasteiger partial charge in [0.15, 0.2) is 0 Å². The Morgan fingerprint density at radius 2 is 0.455 bits per heavy atom. The Bertz CT molecular complexity index is 392. The Labute approximate surface area is 318 Å². The smallest absolute Gasteiger partial charge is 0.0252 e. The molecule has 0 aliphatic heterocycles. The largest absolute Gasteiger partial charge is 0.110 e. The summed E-state index contributed by atoms with van der Waals surface area (Å²) in [6, 6.07) is 0. The third-order valence-corrected chi connectivity index (χ3v) is 58.5. The van der Waals surface area contributed by atoms with Gasteiger partial charge in [0.1, 0.15) is 0 Å². The monoisotopic (exact) mass is 986 g/mol. The third kappa shape index (κ3) is 68.6. The molecule has 0 bridgehead atoms. The van der Waals surface area contributed by atoms with E-state index in [-0.39, 0.29) is 0 Å². The normalized spacial score (nSPS) is 15.1. The molecule has 0 aliphatic carbocycles. The lowest BCUT2D eigenvalue weighted by atomic mass is 10.3. The van der Waals surface area contributed by atoms with Crippen LogP contribution >= 0.6 is 166 Å². The molecule has 20 unspecified atom stereocenters. The first-order chi connectivity index (χ1) is 21.0. The predicted octanol–water partition coefficient (Wildman–Crippen LogP) is 18.8. The van der Waals surface area contributed by atoms with E-state index >= 15 is 0 Å². The summed E-state index contributed by atoms with van der Waals surface area (Å²) in [5, 5.41) is 0. The lowest BCUT2D eigenvalue weighted by Crippen LogP contribution is -1.74. The maximum Gasteiger partial charge on any atom is -0.0252 e. The fraction of sp³-hybridized carbons (Fsp3) is 1.00. The summed E-state index contributed by atoms with van der Waals surface area (Å²) < 4.78 is 0. The van der Waals surface area contributed by atoms with Crippen molar-refractivity contribution in [2.24, 2.45) is 0 Å². The molecule has 0 fully saturated rings. The van der Waals surface area contributed by atoms with Gasteiger partial charge in [0.05, 0.1) is 0 Å². The van der Waals surface area contributed by atoms with Crippen molar-refractivity contribution in [2.45, 2.75) is 125 Å². The van der Waals surface area contributed by atoms with Gasteiger partial charge in [0.2, 0.25) is 0 Å². The van der Waals surface area contributed by atoms with E-state index < -0.39 is 0 Å². The molecule has 0 aromatic heterocycles. The molecule has 0 saturated carbocycles. The molecule has 0 saturated heterocycles. The van der Waals surface area contributed by atoms with Crippen LogP contribution < -0.4 is 0 Å². The van der Waals surface area contributed by atoms with E-state index in [1.807, 2.05) is 0 Å². The van der Waals surface area contributed by atoms with Gasteiger partial charge in [-0.25, -0.2) is 0 Å². The maximum atomic E-state index is 2.96. The minimum absolute atomic E-state index is 0.317. The van der Waals surface area contributed by atoms with Gasteiger partial charge in [0, 0.05) is 0 Å². The van der Waals surface area contributed by atoms with E-state index in [2.05, 4.69) is 124 Å². The number of hydrogen-bond acceptors (Lipinski definition) is 0. The van der Waals surface area contributed by atoms with Crippen LogP contribution in [0, 0.1) is 0 Å². The molecule has 0 aliphatic rings. The van der Waals surface area contributed by atoms with Crippen molar-refractivity contribution in [3.05, 3.63) is 0 Å². The van der Waals surface area contributed by atoms with Crippen molar-refractivity contribution in [3.63, 3.8) is 0 Å². The number of unbranched alkanes of at least 4 members (excludes halogenated alkanes) is 9. The number of rotatable bonds is 24. The molecule has 0 amide bonds. The van der Waals surface area contributed by atoms with Crippen LogP contribution in [0.4, 0.5) is 0 Å². The van der Waals surface area contributed by atoms with E-state index in [1.165, 1.54) is 121 Å². The lowest BCUT2D eigenvalue weighted by Gasteiger charge is -2.06. The molecule has 20 atom stereocenters. The van der Waals surface area contributed by atoms with E-state index in [9.17, 15) is 0 Å². The average Bonchev–Trinajstić information content (AvgIpc) is 3.04. The molecular weight excluding hydrogens is 908 g/mol. The summed E-state index contributed by atoms with van der Waals surface area (Å²) in [4.78, 5) is 0. The van der Waals surface area contributed by atoms with Crippen molar-refractivity contribution in [2.75, 3.05) is 30.8 Å². The topological polar surface area (TPSA) is 0 Å². The zero-order valence-corrected chi connectivity index (χ0v) is 50.0. The van der Waals surface area contributed by atoms with Crippen LogP contribution in [0.5, 0.6) is 0 Å². The van der Waals surface area contributed by atoms with Crippen LogP contribution in [0.25, 0.3) is 0 Å². The van der Waals surface area contributed by atoms with Crippen LogP contribution in [0.15, 0.2) is 0 Å². The average molecular weight is 986 g/mol. The Balaban J connectivity index is -0.000000144. The van der Waals surface area contributed by atoms with E-state index in [0.29, 0.717) is 36.5 Å². The van der Waals surface area contributed by atoms with Crippen LogP contribution in [-0.2, 0) is 0 Å². The quantitative estimate of drug-likeness (QED) is 0.0668. The van der Waals surface area contributed by atoms with Crippen molar-refractivity contribution in [1.29, 1.82) is 0 Å². The second-order valence-electron chi connectivity index (χ2n) is 9.79. The fourth-order valence-corrected chi connectivity index (χ4v) is 19.2. The summed E-state index contributed by atoms with van der Waals surface area (Å²) in [6.45, 7) is 11.3. The first kappa shape index (κ1) is 61.8. The van der Waals surface area contributed by atoms with Gasteiger partial charge in [-0.15, -0.1) is 89.3 Å². The van der Waals surface area contributed by atoms with Gasteiger partial charge in [-0.1, -0.05) is 169 Å². The highest BCUT2D eigenvalue weighted by molar-refractivity contribution is 8.62. The van der Waals surface area contributed by atoms with Gasteiger partial charge in [-0.05, 0) is 62.9 Å². The first-order valence-corrected chi connectivity index (χ1v) is 50.0. The van der Waals surface area contributed by atoms with Gasteiger partial charge < -0.3 is 0 Å². The second kappa shape index (κ2) is 58.3. The maximum absolute atomic E-state index is 2.96. The van der Waals surface area contributed by atoms with Gasteiger partial charge >= 0.3 is 0 Å². The van der Waals surface area contributed by atoms with Crippen LogP contribution in [0.1, 0.15) is 125 Å². The summed E-state index contributed by atoms with van der Waals surface area (Å²) in [6.07, 6.45) is 26.9. The highest BCUT2D eigenvalue weighted by Crippen LogP contribution is 2.68. The molecular formula is C24H78P20. The number of hydrogen-bond donors (Lipinski definition) is 0. The molecule has 0 nitrogen and oxygen atoms in total. The summed E-state index contributed by atoms with van der Waals surface area (Å²) in [7, 11) is 36.0. The van der Waals surface area contributed by atoms with Crippen molar-refractivity contribution in [3.8, 4) is 0 Å². The Morgan fingerprint density at radius 3 is 0.591 bits per heavy atom. The summed E-state index contributed by atoms with van der Waals surface area (Å²) >= 11 is 0. The molecule has 0 aromatic rings. The molecule has 0 spiro atoms. The van der Waals surface area contributed by atoms with Crippen molar-refractivity contribution < 1.29 is 0 Å². The third-order valence-electron chi connectivity index (χ3n) is 5.59. The first-order valence-electron chi connectivity index (χ1n) is 16.0. The molecule has 0 aromatic carbocycles. The van der Waals surface area contributed by atoms with Crippen molar-refractivity contribution >= 4 is 166 Å². The predicted molar refractivity (Wildman–Crippen MR) is 291 cm³/mol. The highest BCUT2D eigenvalue weighted by atomic mass is 32.6. The lowest BCUT2D eigenvalue weighted by molar-refractivity contribution is 0.778. The van der Waals surface area contributed by atoms with Crippen molar-refractivity contribution in [1.82, 2.24) is 0 Å². The van der Waals surface area contributed by atoms with E-state index in [4.69, 9.17) is 0 Å². The fourth-order valence-electron chi connectivity index (χ4n) is 2.78. The highest BCUT2D eigenvalue weighted by Gasteiger charge is 1.97. The summed E-state index contributed by atoms with van der Waals surface area (Å²) in [5.74, 6) is 0. The van der Waals surface area contributed by atoms with Crippen LogP contribution in [0.2, 0.25) is 0 Å². The second-order valence-corrected chi connectivity index (χ2v) is 59.2. The minimum atomic E-state index is 0.317. The Kier molecular flexibility index (Phi) is 81.9. The van der Waals surface area contributed by atoms with Gasteiger partial charge in [0.25, 0.3) is 0 Å². The zero-order chi connectivity index (χ0) is 34.9. The summed E-state index contributed by atoms with van der Waals surface area (Å²) in [5.41, 5.74) is 0. The molecule has 0 rings (SSSR count). The van der Waals surface area contributed by atoms with Crippen LogP contribution in [-0.4, -0.2) is 30.8 Å². The minimum Gasteiger partial charge on any atom is -0.110 e. The SMILES string of the molecule is CCCCCP(P)PP.CCCCCP(P)PP.CCCCCP(P)PP.CCCCCP(P)PP.CCCCP(P)PP. The standard InChI is InChI=1S/4C5H16P4.C4H14P4/c4*1-2-3-4-5-9(7)8-6;1-2-3-4-8(6)7-5/h4*8H,2-7H2,1H3;7H,2-6H2,1H3. The molecule has 20 heteroatoms. The van der Waals surface area contributed by atoms with E-state index in [0.717, 1.165) is 39.8 Å². The van der Waals surface area contributed by atoms with Gasteiger partial charge in [-0.2, -0.15) is 0 Å². The van der Waals surface area contributed by atoms with Crippen LogP contribution in [0.3, 0.4) is 0 Å². The molecule has 0 N–H and O–H groups in total.